The minimum atomic E-state index is -0.522. The first-order valence-electron chi connectivity index (χ1n) is 11.8. The van der Waals surface area contributed by atoms with E-state index in [0.29, 0.717) is 17.8 Å². The van der Waals surface area contributed by atoms with E-state index in [0.717, 1.165) is 19.3 Å². The smallest absolute Gasteiger partial charge is 0.326 e. The molecule has 0 aliphatic heterocycles. The molecular formula is C25H33FN4O4. The number of urea groups is 1. The summed E-state index contributed by atoms with van der Waals surface area (Å²) in [6, 6.07) is 10.4. The maximum Gasteiger partial charge on any atom is 0.326 e. The highest BCUT2D eigenvalue weighted by atomic mass is 19.1. The zero-order valence-corrected chi connectivity index (χ0v) is 19.6. The molecule has 0 saturated carbocycles. The Morgan fingerprint density at radius 1 is 0.941 bits per heavy atom. The molecule has 0 unspecified atom stereocenters. The van der Waals surface area contributed by atoms with Crippen molar-refractivity contribution in [3.63, 3.8) is 0 Å². The number of nitro groups is 1. The Morgan fingerprint density at radius 3 is 2.18 bits per heavy atom. The molecule has 184 valence electrons. The van der Waals surface area contributed by atoms with Gasteiger partial charge in [0.15, 0.2) is 0 Å². The quantitative estimate of drug-likeness (QED) is 0.199. The molecule has 2 aromatic rings. The second-order valence-electron chi connectivity index (χ2n) is 8.08. The van der Waals surface area contributed by atoms with Crippen LogP contribution >= 0.6 is 0 Å². The Morgan fingerprint density at radius 2 is 1.56 bits per heavy atom. The molecule has 0 atom stereocenters. The zero-order chi connectivity index (χ0) is 24.8. The Hall–Kier alpha value is -3.49. The van der Waals surface area contributed by atoms with Crippen LogP contribution in [0, 0.1) is 15.9 Å². The molecule has 0 aliphatic rings. The van der Waals surface area contributed by atoms with Gasteiger partial charge in [-0.05, 0) is 42.8 Å². The maximum atomic E-state index is 13.4. The summed E-state index contributed by atoms with van der Waals surface area (Å²) in [5.41, 5.74) is 0.755. The Balaban J connectivity index is 1.87. The van der Waals surface area contributed by atoms with Gasteiger partial charge >= 0.3 is 6.03 Å². The lowest BCUT2D eigenvalue weighted by molar-refractivity contribution is -0.384. The third-order valence-electron chi connectivity index (χ3n) is 5.38. The van der Waals surface area contributed by atoms with Crippen LogP contribution in [0.1, 0.15) is 58.3 Å². The number of nitrogens with zero attached hydrogens (tertiary/aromatic N) is 2. The summed E-state index contributed by atoms with van der Waals surface area (Å²) in [7, 11) is 0. The standard InChI is InChI=1S/C25H33FN4O4/c1-2-3-4-5-6-7-8-9-24(31)27-18-19-29(22-14-10-20(26)11-15-22)25(32)28-21-12-16-23(17-13-21)30(33)34/h10-17H,2-9,18-19H2,1H3,(H,27,31)(H,28,32). The van der Waals surface area contributed by atoms with E-state index in [1.54, 1.807) is 0 Å². The number of halogens is 1. The van der Waals surface area contributed by atoms with Crippen LogP contribution in [0.5, 0.6) is 0 Å². The van der Waals surface area contributed by atoms with E-state index in [2.05, 4.69) is 17.6 Å². The molecule has 8 nitrogen and oxygen atoms in total. The van der Waals surface area contributed by atoms with Crippen LogP contribution in [0.15, 0.2) is 48.5 Å². The van der Waals surface area contributed by atoms with Crippen molar-refractivity contribution >= 4 is 29.0 Å². The molecule has 0 spiro atoms. The van der Waals surface area contributed by atoms with Gasteiger partial charge in [-0.3, -0.25) is 19.8 Å². The number of nitrogens with one attached hydrogen (secondary N) is 2. The van der Waals surface area contributed by atoms with Crippen LogP contribution in [0.2, 0.25) is 0 Å². The molecule has 0 aliphatic carbocycles. The molecule has 0 aromatic heterocycles. The molecule has 0 heterocycles. The van der Waals surface area contributed by atoms with E-state index >= 15 is 0 Å². The van der Waals surface area contributed by atoms with Crippen molar-refractivity contribution in [1.82, 2.24) is 5.32 Å². The molecule has 3 amide bonds. The second kappa shape index (κ2) is 14.6. The number of nitro benzene ring substituents is 1. The number of hydrogen-bond acceptors (Lipinski definition) is 4. The Labute approximate surface area is 199 Å². The normalized spacial score (nSPS) is 10.5. The first kappa shape index (κ1) is 26.8. The second-order valence-corrected chi connectivity index (χ2v) is 8.08. The number of anilines is 2. The van der Waals surface area contributed by atoms with Crippen LogP contribution in [-0.4, -0.2) is 30.0 Å². The predicted molar refractivity (Wildman–Crippen MR) is 131 cm³/mol. The number of unbranched alkanes of at least 4 members (excludes halogenated alkanes) is 6. The van der Waals surface area contributed by atoms with Crippen LogP contribution in [0.3, 0.4) is 0 Å². The van der Waals surface area contributed by atoms with E-state index in [9.17, 15) is 24.1 Å². The third-order valence-corrected chi connectivity index (χ3v) is 5.38. The molecule has 2 rings (SSSR count). The fourth-order valence-electron chi connectivity index (χ4n) is 3.46. The van der Waals surface area contributed by atoms with Crippen molar-refractivity contribution in [1.29, 1.82) is 0 Å². The number of non-ortho nitro benzene ring substituents is 1. The molecule has 2 N–H and O–H groups in total. The van der Waals surface area contributed by atoms with E-state index in [1.807, 2.05) is 0 Å². The van der Waals surface area contributed by atoms with Crippen molar-refractivity contribution in [2.75, 3.05) is 23.3 Å². The average Bonchev–Trinajstić information content (AvgIpc) is 2.82. The van der Waals surface area contributed by atoms with Gasteiger partial charge in [0.2, 0.25) is 5.91 Å². The van der Waals surface area contributed by atoms with Crippen LogP contribution in [-0.2, 0) is 4.79 Å². The maximum absolute atomic E-state index is 13.4. The number of rotatable bonds is 14. The lowest BCUT2D eigenvalue weighted by Gasteiger charge is -2.23. The largest absolute Gasteiger partial charge is 0.354 e. The summed E-state index contributed by atoms with van der Waals surface area (Å²) in [6.07, 6.45) is 8.34. The SMILES string of the molecule is CCCCCCCCCC(=O)NCCN(C(=O)Nc1ccc([N+](=O)[O-])cc1)c1ccc(F)cc1. The lowest BCUT2D eigenvalue weighted by Crippen LogP contribution is -2.41. The van der Waals surface area contributed by atoms with E-state index in [-0.39, 0.29) is 24.7 Å². The average molecular weight is 473 g/mol. The van der Waals surface area contributed by atoms with Crippen molar-refractivity contribution in [3.8, 4) is 0 Å². The molecule has 0 bridgehead atoms. The van der Waals surface area contributed by atoms with Gasteiger partial charge in [-0.25, -0.2) is 9.18 Å². The number of amides is 3. The number of benzene rings is 2. The highest BCUT2D eigenvalue weighted by molar-refractivity contribution is 6.01. The number of carbonyl (C=O) groups is 2. The number of hydrogen-bond donors (Lipinski definition) is 2. The van der Waals surface area contributed by atoms with Crippen molar-refractivity contribution in [3.05, 3.63) is 64.5 Å². The lowest BCUT2D eigenvalue weighted by atomic mass is 10.1. The monoisotopic (exact) mass is 472 g/mol. The van der Waals surface area contributed by atoms with Gasteiger partial charge in [0.1, 0.15) is 5.82 Å². The minimum absolute atomic E-state index is 0.0663. The van der Waals surface area contributed by atoms with Gasteiger partial charge in [-0.15, -0.1) is 0 Å². The molecule has 2 aromatic carbocycles. The van der Waals surface area contributed by atoms with E-state index < -0.39 is 16.8 Å². The molecule has 34 heavy (non-hydrogen) atoms. The summed E-state index contributed by atoms with van der Waals surface area (Å²) >= 11 is 0. The van der Waals surface area contributed by atoms with Crippen molar-refractivity contribution in [2.24, 2.45) is 0 Å². The Bertz CT molecular complexity index is 920. The van der Waals surface area contributed by atoms with Crippen LogP contribution < -0.4 is 15.5 Å². The van der Waals surface area contributed by atoms with Gasteiger partial charge in [-0.1, -0.05) is 45.4 Å². The first-order chi connectivity index (χ1) is 16.4. The van der Waals surface area contributed by atoms with Crippen molar-refractivity contribution in [2.45, 2.75) is 58.3 Å². The molecular weight excluding hydrogens is 439 g/mol. The summed E-state index contributed by atoms with van der Waals surface area (Å²) in [5, 5.41) is 16.3. The predicted octanol–water partition coefficient (Wildman–Crippen LogP) is 6.03. The molecule has 9 heteroatoms. The fourth-order valence-corrected chi connectivity index (χ4v) is 3.46. The van der Waals surface area contributed by atoms with Crippen molar-refractivity contribution < 1.29 is 18.9 Å². The molecule has 0 radical (unpaired) electrons. The van der Waals surface area contributed by atoms with Crippen LogP contribution in [0.25, 0.3) is 0 Å². The third kappa shape index (κ3) is 9.56. The molecule has 0 saturated heterocycles. The van der Waals surface area contributed by atoms with Gasteiger partial charge in [0.25, 0.3) is 5.69 Å². The van der Waals surface area contributed by atoms with Gasteiger partial charge in [0, 0.05) is 43.0 Å². The number of carbonyl (C=O) groups excluding carboxylic acids is 2. The first-order valence-corrected chi connectivity index (χ1v) is 11.8. The Kier molecular flexibility index (Phi) is 11.5. The van der Waals surface area contributed by atoms with Crippen LogP contribution in [0.4, 0.5) is 26.2 Å². The minimum Gasteiger partial charge on any atom is -0.354 e. The fraction of sp³-hybridized carbons (Fsp3) is 0.440. The summed E-state index contributed by atoms with van der Waals surface area (Å²) < 4.78 is 13.4. The summed E-state index contributed by atoms with van der Waals surface area (Å²) in [4.78, 5) is 36.7. The topological polar surface area (TPSA) is 105 Å². The van der Waals surface area contributed by atoms with E-state index in [1.165, 1.54) is 79.1 Å². The van der Waals surface area contributed by atoms with Gasteiger partial charge in [-0.2, -0.15) is 0 Å². The van der Waals surface area contributed by atoms with Gasteiger partial charge < -0.3 is 10.6 Å². The molecule has 0 fully saturated rings. The van der Waals surface area contributed by atoms with E-state index in [4.69, 9.17) is 0 Å². The zero-order valence-electron chi connectivity index (χ0n) is 19.6. The summed E-state index contributed by atoms with van der Waals surface area (Å²) in [5.74, 6) is -0.495. The highest BCUT2D eigenvalue weighted by Gasteiger charge is 2.17. The summed E-state index contributed by atoms with van der Waals surface area (Å²) in [6.45, 7) is 2.59. The highest BCUT2D eigenvalue weighted by Crippen LogP contribution is 2.19. The van der Waals surface area contributed by atoms with Gasteiger partial charge in [0.05, 0.1) is 4.92 Å².